The van der Waals surface area contributed by atoms with Gasteiger partial charge in [0.1, 0.15) is 16.6 Å². The molecule has 0 radical (unpaired) electrons. The molecule has 1 N–H and O–H groups in total. The summed E-state index contributed by atoms with van der Waals surface area (Å²) in [6, 6.07) is 8.02. The van der Waals surface area contributed by atoms with Gasteiger partial charge in [-0.3, -0.25) is 4.79 Å². The van der Waals surface area contributed by atoms with E-state index in [2.05, 4.69) is 23.8 Å². The molecular formula is C22H25FN2O2S. The molecule has 0 atom stereocenters. The lowest BCUT2D eigenvalue weighted by atomic mass is 10.1. The summed E-state index contributed by atoms with van der Waals surface area (Å²) in [7, 11) is 0. The summed E-state index contributed by atoms with van der Waals surface area (Å²) in [6.45, 7) is 4.80. The van der Waals surface area contributed by atoms with Gasteiger partial charge in [-0.25, -0.2) is 9.37 Å². The summed E-state index contributed by atoms with van der Waals surface area (Å²) in [6.07, 6.45) is 7.12. The van der Waals surface area contributed by atoms with Gasteiger partial charge in [0.2, 0.25) is 5.56 Å². The second-order valence-corrected chi connectivity index (χ2v) is 7.80. The van der Waals surface area contributed by atoms with Gasteiger partial charge in [-0.1, -0.05) is 33.1 Å². The van der Waals surface area contributed by atoms with Gasteiger partial charge in [0.25, 0.3) is 0 Å². The van der Waals surface area contributed by atoms with Crippen molar-refractivity contribution in [2.45, 2.75) is 46.0 Å². The maximum absolute atomic E-state index is 14.7. The minimum absolute atomic E-state index is 0.281. The summed E-state index contributed by atoms with van der Waals surface area (Å²) < 4.78 is 20.3. The zero-order valence-corrected chi connectivity index (χ0v) is 17.1. The Morgan fingerprint density at radius 1 is 1.14 bits per heavy atom. The van der Waals surface area contributed by atoms with E-state index in [0.29, 0.717) is 29.2 Å². The second kappa shape index (κ2) is 9.64. The third-order valence-corrected chi connectivity index (χ3v) is 5.68. The molecule has 0 spiro atoms. The van der Waals surface area contributed by atoms with Gasteiger partial charge in [0.15, 0.2) is 0 Å². The molecule has 0 saturated carbocycles. The predicted octanol–water partition coefficient (Wildman–Crippen LogP) is 5.83. The van der Waals surface area contributed by atoms with E-state index in [1.807, 2.05) is 6.20 Å². The zero-order valence-electron chi connectivity index (χ0n) is 16.3. The number of aryl methyl sites for hydroxylation is 1. The molecule has 0 aliphatic heterocycles. The van der Waals surface area contributed by atoms with Crippen molar-refractivity contribution in [3.8, 4) is 27.6 Å². The van der Waals surface area contributed by atoms with Gasteiger partial charge in [0.05, 0.1) is 12.3 Å². The molecule has 3 rings (SSSR count). The Hall–Kier alpha value is -2.47. The lowest BCUT2D eigenvalue weighted by molar-refractivity contribution is 0.303. The van der Waals surface area contributed by atoms with Crippen molar-refractivity contribution in [3.05, 3.63) is 57.6 Å². The average molecular weight is 401 g/mol. The minimum atomic E-state index is -0.424. The Bertz CT molecular complexity index is 981. The summed E-state index contributed by atoms with van der Waals surface area (Å²) >= 11 is 1.54. The minimum Gasteiger partial charge on any atom is -0.493 e. The first kappa shape index (κ1) is 20.3. The van der Waals surface area contributed by atoms with Crippen LogP contribution in [0.3, 0.4) is 0 Å². The van der Waals surface area contributed by atoms with E-state index in [4.69, 9.17) is 4.74 Å². The number of nitrogens with one attached hydrogen (secondary N) is 1. The van der Waals surface area contributed by atoms with Gasteiger partial charge in [-0.15, -0.1) is 11.3 Å². The van der Waals surface area contributed by atoms with Crippen LogP contribution in [0.25, 0.3) is 21.8 Å². The third kappa shape index (κ3) is 5.07. The van der Waals surface area contributed by atoms with Crippen LogP contribution in [-0.2, 0) is 6.42 Å². The van der Waals surface area contributed by atoms with Gasteiger partial charge in [0, 0.05) is 34.3 Å². The molecule has 0 unspecified atom stereocenters. The third-order valence-electron chi connectivity index (χ3n) is 4.49. The molecule has 0 amide bonds. The van der Waals surface area contributed by atoms with Gasteiger partial charge >= 0.3 is 0 Å². The van der Waals surface area contributed by atoms with Gasteiger partial charge < -0.3 is 9.72 Å². The van der Waals surface area contributed by atoms with Crippen LogP contribution in [0.1, 0.15) is 44.4 Å². The Labute approximate surface area is 168 Å². The van der Waals surface area contributed by atoms with Crippen LogP contribution < -0.4 is 10.3 Å². The molecule has 2 aromatic heterocycles. The Morgan fingerprint density at radius 2 is 2.00 bits per heavy atom. The second-order valence-electron chi connectivity index (χ2n) is 6.68. The van der Waals surface area contributed by atoms with Gasteiger partial charge in [-0.05, 0) is 31.0 Å². The van der Waals surface area contributed by atoms with Crippen LogP contribution in [0.15, 0.2) is 41.3 Å². The summed E-state index contributed by atoms with van der Waals surface area (Å²) in [5, 5.41) is 0.761. The van der Waals surface area contributed by atoms with Crippen LogP contribution in [0.4, 0.5) is 4.39 Å². The zero-order chi connectivity index (χ0) is 19.9. The number of nitrogens with zero attached hydrogens (tertiary/aromatic N) is 1. The van der Waals surface area contributed by atoms with Crippen molar-refractivity contribution >= 4 is 11.3 Å². The fourth-order valence-corrected chi connectivity index (χ4v) is 3.78. The lowest BCUT2D eigenvalue weighted by Crippen LogP contribution is -2.06. The highest BCUT2D eigenvalue weighted by Gasteiger charge is 2.12. The topological polar surface area (TPSA) is 55.0 Å². The van der Waals surface area contributed by atoms with E-state index in [-0.39, 0.29) is 5.56 Å². The normalized spacial score (nSPS) is 11.0. The number of benzene rings is 1. The Balaban J connectivity index is 1.80. The quantitative estimate of drug-likeness (QED) is 0.460. The number of ether oxygens (including phenoxy) is 1. The average Bonchev–Trinajstić information content (AvgIpc) is 3.17. The molecule has 0 aliphatic carbocycles. The fraction of sp³-hybridized carbons (Fsp3) is 0.364. The monoisotopic (exact) mass is 400 g/mol. The molecule has 6 heteroatoms. The Kier molecular flexibility index (Phi) is 6.98. The fourth-order valence-electron chi connectivity index (χ4n) is 2.94. The first-order valence-electron chi connectivity index (χ1n) is 9.73. The van der Waals surface area contributed by atoms with Crippen molar-refractivity contribution in [1.82, 2.24) is 9.97 Å². The highest BCUT2D eigenvalue weighted by Crippen LogP contribution is 2.29. The lowest BCUT2D eigenvalue weighted by Gasteiger charge is -2.09. The number of rotatable bonds is 9. The summed E-state index contributed by atoms with van der Waals surface area (Å²) in [4.78, 5) is 20.4. The largest absolute Gasteiger partial charge is 0.493 e. The standard InChI is InChI=1S/C22H25FN2O2S/c1-3-5-6-7-10-27-16-8-9-18(19(23)13-16)20-11-15(12-21(26)25-20)22-24-14-17(4-2)28-22/h8-9,11-14H,3-7,10H2,1-2H3,(H,25,26). The van der Waals surface area contributed by atoms with Gasteiger partial charge in [-0.2, -0.15) is 0 Å². The number of hydrogen-bond donors (Lipinski definition) is 1. The molecule has 148 valence electrons. The first-order chi connectivity index (χ1) is 13.6. The van der Waals surface area contributed by atoms with Crippen molar-refractivity contribution < 1.29 is 9.13 Å². The Morgan fingerprint density at radius 3 is 2.71 bits per heavy atom. The van der Waals surface area contributed by atoms with Crippen LogP contribution in [-0.4, -0.2) is 16.6 Å². The van der Waals surface area contributed by atoms with E-state index < -0.39 is 5.82 Å². The number of H-pyrrole nitrogens is 1. The highest BCUT2D eigenvalue weighted by atomic mass is 32.1. The summed E-state index contributed by atoms with van der Waals surface area (Å²) in [5.74, 6) is 0.0796. The smallest absolute Gasteiger partial charge is 0.249 e. The first-order valence-corrected chi connectivity index (χ1v) is 10.5. The van der Waals surface area contributed by atoms with E-state index >= 15 is 0 Å². The van der Waals surface area contributed by atoms with E-state index in [1.54, 1.807) is 29.5 Å². The number of pyridine rings is 1. The number of halogens is 1. The number of thiazole rings is 1. The van der Waals surface area contributed by atoms with Crippen molar-refractivity contribution in [1.29, 1.82) is 0 Å². The summed E-state index contributed by atoms with van der Waals surface area (Å²) in [5.41, 5.74) is 1.18. The van der Waals surface area contributed by atoms with Crippen molar-refractivity contribution in [2.24, 2.45) is 0 Å². The van der Waals surface area contributed by atoms with E-state index in [9.17, 15) is 9.18 Å². The van der Waals surface area contributed by atoms with Crippen molar-refractivity contribution in [2.75, 3.05) is 6.61 Å². The number of aromatic amines is 1. The number of hydrogen-bond acceptors (Lipinski definition) is 4. The maximum atomic E-state index is 14.7. The van der Waals surface area contributed by atoms with Crippen molar-refractivity contribution in [3.63, 3.8) is 0 Å². The maximum Gasteiger partial charge on any atom is 0.249 e. The molecule has 4 nitrogen and oxygen atoms in total. The molecular weight excluding hydrogens is 375 g/mol. The number of unbranched alkanes of at least 4 members (excludes halogenated alkanes) is 3. The number of aromatic nitrogens is 2. The SMILES string of the molecule is CCCCCCOc1ccc(-c2cc(-c3ncc(CC)s3)cc(=O)[nH]2)c(F)c1. The molecule has 0 saturated heterocycles. The van der Waals surface area contributed by atoms with Crippen LogP contribution in [0.2, 0.25) is 0 Å². The molecule has 2 heterocycles. The molecule has 1 aromatic carbocycles. The van der Waals surface area contributed by atoms with Crippen LogP contribution in [0, 0.1) is 5.82 Å². The molecule has 0 aliphatic rings. The molecule has 28 heavy (non-hydrogen) atoms. The highest BCUT2D eigenvalue weighted by molar-refractivity contribution is 7.15. The van der Waals surface area contributed by atoms with E-state index in [0.717, 1.165) is 29.1 Å². The van der Waals surface area contributed by atoms with Crippen LogP contribution in [0.5, 0.6) is 5.75 Å². The predicted molar refractivity (Wildman–Crippen MR) is 113 cm³/mol. The van der Waals surface area contributed by atoms with E-state index in [1.165, 1.54) is 25.0 Å². The molecule has 0 fully saturated rings. The van der Waals surface area contributed by atoms with Crippen LogP contribution >= 0.6 is 11.3 Å². The molecule has 0 bridgehead atoms. The molecule has 3 aromatic rings.